The molecule has 1 saturated carbocycles. The van der Waals surface area contributed by atoms with Crippen LogP contribution in [0.25, 0.3) is 10.9 Å². The first-order valence-corrected chi connectivity index (χ1v) is 10.1. The molecule has 0 radical (unpaired) electrons. The van der Waals surface area contributed by atoms with Gasteiger partial charge in [0.2, 0.25) is 5.91 Å². The van der Waals surface area contributed by atoms with Gasteiger partial charge in [-0.2, -0.15) is 0 Å². The van der Waals surface area contributed by atoms with E-state index in [1.165, 1.54) is 18.2 Å². The third-order valence-corrected chi connectivity index (χ3v) is 6.16. The van der Waals surface area contributed by atoms with E-state index < -0.39 is 0 Å². The second-order valence-corrected chi connectivity index (χ2v) is 7.96. The number of benzene rings is 2. The summed E-state index contributed by atoms with van der Waals surface area (Å²) >= 11 is 0. The maximum atomic E-state index is 13.7. The number of pyridine rings is 1. The van der Waals surface area contributed by atoms with Gasteiger partial charge < -0.3 is 5.32 Å². The van der Waals surface area contributed by atoms with E-state index in [0.29, 0.717) is 11.6 Å². The monoisotopic (exact) mass is 394 g/mol. The van der Waals surface area contributed by atoms with E-state index in [1.54, 1.807) is 30.5 Å². The Morgan fingerprint density at radius 2 is 1.79 bits per heavy atom. The zero-order valence-electron chi connectivity index (χ0n) is 16.4. The Kier molecular flexibility index (Phi) is 5.56. The topological polar surface area (TPSA) is 42.0 Å². The predicted molar refractivity (Wildman–Crippen MR) is 111 cm³/mol. The van der Waals surface area contributed by atoms with Crippen molar-refractivity contribution in [3.63, 3.8) is 0 Å². The molecule has 0 unspecified atom stereocenters. The Labute approximate surface area is 169 Å². The molecule has 2 aromatic carbocycles. The van der Waals surface area contributed by atoms with Crippen molar-refractivity contribution in [3.05, 3.63) is 71.9 Å². The van der Waals surface area contributed by atoms with Gasteiger partial charge in [-0.3, -0.25) is 9.78 Å². The van der Waals surface area contributed by atoms with Gasteiger partial charge in [0.1, 0.15) is 11.6 Å². The number of nitrogens with one attached hydrogen (secondary N) is 1. The molecule has 0 saturated heterocycles. The van der Waals surface area contributed by atoms with E-state index in [1.807, 2.05) is 13.0 Å². The van der Waals surface area contributed by atoms with E-state index in [2.05, 4.69) is 10.3 Å². The molecular weight excluding hydrogens is 370 g/mol. The Balaban J connectivity index is 1.41. The highest BCUT2D eigenvalue weighted by Crippen LogP contribution is 2.41. The van der Waals surface area contributed by atoms with Crippen molar-refractivity contribution in [3.8, 4) is 0 Å². The molecule has 1 amide bonds. The Morgan fingerprint density at radius 3 is 2.55 bits per heavy atom. The second-order valence-electron chi connectivity index (χ2n) is 7.96. The highest BCUT2D eigenvalue weighted by atomic mass is 19.1. The SMILES string of the molecule is C[C@@H](C(=O)Nc1cccc(F)c1)C1CCC(c2ccnc3ccc(F)cc23)CC1. The lowest BCUT2D eigenvalue weighted by Gasteiger charge is -2.32. The van der Waals surface area contributed by atoms with E-state index in [-0.39, 0.29) is 29.4 Å². The number of amides is 1. The van der Waals surface area contributed by atoms with Crippen LogP contribution in [0.1, 0.15) is 44.1 Å². The summed E-state index contributed by atoms with van der Waals surface area (Å²) < 4.78 is 27.1. The minimum absolute atomic E-state index is 0.0736. The number of carbonyl (C=O) groups is 1. The fourth-order valence-electron chi connectivity index (χ4n) is 4.46. The summed E-state index contributed by atoms with van der Waals surface area (Å²) in [5.74, 6) is -0.206. The van der Waals surface area contributed by atoms with Crippen LogP contribution in [0.3, 0.4) is 0 Å². The van der Waals surface area contributed by atoms with Gasteiger partial charge in [-0.25, -0.2) is 8.78 Å². The van der Waals surface area contributed by atoms with Crippen molar-refractivity contribution < 1.29 is 13.6 Å². The lowest BCUT2D eigenvalue weighted by molar-refractivity contribution is -0.121. The summed E-state index contributed by atoms with van der Waals surface area (Å²) in [5.41, 5.74) is 2.44. The molecule has 1 aromatic heterocycles. The molecule has 3 nitrogen and oxygen atoms in total. The number of carbonyl (C=O) groups excluding carboxylic acids is 1. The summed E-state index contributed by atoms with van der Waals surface area (Å²) in [6.07, 6.45) is 5.57. The van der Waals surface area contributed by atoms with Crippen molar-refractivity contribution in [2.24, 2.45) is 11.8 Å². The lowest BCUT2D eigenvalue weighted by Crippen LogP contribution is -2.29. The molecule has 1 fully saturated rings. The zero-order chi connectivity index (χ0) is 20.4. The molecule has 4 rings (SSSR count). The fourth-order valence-corrected chi connectivity index (χ4v) is 4.46. The Morgan fingerprint density at radius 1 is 1.03 bits per heavy atom. The Hall–Kier alpha value is -2.82. The van der Waals surface area contributed by atoms with Crippen LogP contribution >= 0.6 is 0 Å². The summed E-state index contributed by atoms with van der Waals surface area (Å²) in [7, 11) is 0. The van der Waals surface area contributed by atoms with Gasteiger partial charge >= 0.3 is 0 Å². The Bertz CT molecular complexity index is 1030. The zero-order valence-corrected chi connectivity index (χ0v) is 16.4. The van der Waals surface area contributed by atoms with Crippen LogP contribution in [-0.4, -0.2) is 10.9 Å². The molecule has 1 N–H and O–H groups in total. The van der Waals surface area contributed by atoms with E-state index in [9.17, 15) is 13.6 Å². The van der Waals surface area contributed by atoms with E-state index >= 15 is 0 Å². The molecule has 5 heteroatoms. The molecule has 1 atom stereocenters. The highest BCUT2D eigenvalue weighted by Gasteiger charge is 2.30. The minimum atomic E-state index is -0.364. The number of aromatic nitrogens is 1. The average Bonchev–Trinajstić information content (AvgIpc) is 2.73. The first kappa shape index (κ1) is 19.5. The summed E-state index contributed by atoms with van der Waals surface area (Å²) in [5, 5.41) is 3.71. The molecule has 150 valence electrons. The van der Waals surface area contributed by atoms with Crippen molar-refractivity contribution in [2.75, 3.05) is 5.32 Å². The largest absolute Gasteiger partial charge is 0.326 e. The van der Waals surface area contributed by atoms with Crippen molar-refractivity contribution in [1.29, 1.82) is 0 Å². The number of anilines is 1. The van der Waals surface area contributed by atoms with E-state index in [4.69, 9.17) is 0 Å². The van der Waals surface area contributed by atoms with Crippen molar-refractivity contribution in [2.45, 2.75) is 38.5 Å². The first-order valence-electron chi connectivity index (χ1n) is 10.1. The molecule has 1 aliphatic carbocycles. The summed E-state index contributed by atoms with van der Waals surface area (Å²) in [6.45, 7) is 1.94. The lowest BCUT2D eigenvalue weighted by atomic mass is 9.73. The summed E-state index contributed by atoms with van der Waals surface area (Å²) in [6, 6.07) is 12.7. The molecule has 0 spiro atoms. The van der Waals surface area contributed by atoms with Gasteiger partial charge in [0.25, 0.3) is 0 Å². The molecule has 29 heavy (non-hydrogen) atoms. The smallest absolute Gasteiger partial charge is 0.227 e. The second kappa shape index (κ2) is 8.27. The maximum absolute atomic E-state index is 13.7. The van der Waals surface area contributed by atoms with Crippen molar-refractivity contribution >= 4 is 22.5 Å². The average molecular weight is 394 g/mol. The van der Waals surface area contributed by atoms with Crippen LogP contribution in [-0.2, 0) is 4.79 Å². The van der Waals surface area contributed by atoms with Gasteiger partial charge in [-0.15, -0.1) is 0 Å². The predicted octanol–water partition coefficient (Wildman–Crippen LogP) is 6.06. The normalized spacial score (nSPS) is 20.4. The molecule has 0 bridgehead atoms. The molecule has 1 heterocycles. The number of halogens is 2. The maximum Gasteiger partial charge on any atom is 0.227 e. The van der Waals surface area contributed by atoms with Gasteiger partial charge in [0, 0.05) is 23.2 Å². The number of fused-ring (bicyclic) bond motifs is 1. The molecular formula is C24H24F2N2O. The van der Waals surface area contributed by atoms with Gasteiger partial charge in [0.15, 0.2) is 0 Å². The third kappa shape index (κ3) is 4.29. The third-order valence-electron chi connectivity index (χ3n) is 6.16. The first-order chi connectivity index (χ1) is 14.0. The minimum Gasteiger partial charge on any atom is -0.326 e. The van der Waals surface area contributed by atoms with E-state index in [0.717, 1.165) is 42.1 Å². The van der Waals surface area contributed by atoms with Crippen LogP contribution in [0.15, 0.2) is 54.7 Å². The molecule has 1 aliphatic rings. The van der Waals surface area contributed by atoms with Crippen LogP contribution in [0.5, 0.6) is 0 Å². The number of nitrogens with zero attached hydrogens (tertiary/aromatic N) is 1. The van der Waals surface area contributed by atoms with Crippen LogP contribution in [0, 0.1) is 23.5 Å². The van der Waals surface area contributed by atoms with Crippen molar-refractivity contribution in [1.82, 2.24) is 4.98 Å². The van der Waals surface area contributed by atoms with Crippen LogP contribution in [0.2, 0.25) is 0 Å². The quantitative estimate of drug-likeness (QED) is 0.584. The molecule has 3 aromatic rings. The fraction of sp³-hybridized carbons (Fsp3) is 0.333. The highest BCUT2D eigenvalue weighted by molar-refractivity contribution is 5.92. The standard InChI is InChI=1S/C24H24F2N2O/c1-15(24(29)28-20-4-2-3-18(25)13-20)16-5-7-17(8-6-16)21-11-12-27-23-10-9-19(26)14-22(21)23/h2-4,9-17H,5-8H2,1H3,(H,28,29)/t15-,16?,17?/m1/s1. The van der Waals surface area contributed by atoms with Crippen LogP contribution < -0.4 is 5.32 Å². The summed E-state index contributed by atoms with van der Waals surface area (Å²) in [4.78, 5) is 16.9. The van der Waals surface area contributed by atoms with Gasteiger partial charge in [-0.05, 0) is 85.5 Å². The number of hydrogen-bond acceptors (Lipinski definition) is 2. The van der Waals surface area contributed by atoms with Gasteiger partial charge in [0.05, 0.1) is 5.52 Å². The molecule has 0 aliphatic heterocycles. The van der Waals surface area contributed by atoms with Gasteiger partial charge in [-0.1, -0.05) is 13.0 Å². The number of rotatable bonds is 4. The number of hydrogen-bond donors (Lipinski definition) is 1. The van der Waals surface area contributed by atoms with Crippen LogP contribution in [0.4, 0.5) is 14.5 Å².